The van der Waals surface area contributed by atoms with Gasteiger partial charge in [0, 0.05) is 11.5 Å². The zero-order valence-corrected chi connectivity index (χ0v) is 16.3. The van der Waals surface area contributed by atoms with Gasteiger partial charge in [-0.05, 0) is 18.2 Å². The molecule has 0 spiro atoms. The van der Waals surface area contributed by atoms with E-state index in [0.29, 0.717) is 22.4 Å². The van der Waals surface area contributed by atoms with Crippen LogP contribution in [0, 0.1) is 11.6 Å². The Labute approximate surface area is 175 Å². The maximum atomic E-state index is 14.1. The summed E-state index contributed by atoms with van der Waals surface area (Å²) < 4.78 is 63.9. The molecule has 5 rings (SSSR count). The number of hydrogen-bond acceptors (Lipinski definition) is 7. The Bertz CT molecular complexity index is 1130. The number of halogens is 3. The van der Waals surface area contributed by atoms with E-state index in [1.807, 2.05) is 0 Å². The summed E-state index contributed by atoms with van der Waals surface area (Å²) in [5, 5.41) is 3.30. The van der Waals surface area contributed by atoms with Crippen LogP contribution >= 0.6 is 0 Å². The zero-order valence-electron chi connectivity index (χ0n) is 16.3. The van der Waals surface area contributed by atoms with Gasteiger partial charge >= 0.3 is 0 Å². The minimum Gasteiger partial charge on any atom is -0.493 e. The van der Waals surface area contributed by atoms with Crippen molar-refractivity contribution < 1.29 is 32.1 Å². The van der Waals surface area contributed by atoms with E-state index in [1.165, 1.54) is 25.6 Å². The van der Waals surface area contributed by atoms with Gasteiger partial charge in [0.2, 0.25) is 0 Å². The van der Waals surface area contributed by atoms with Crippen molar-refractivity contribution in [1.82, 2.24) is 9.97 Å². The van der Waals surface area contributed by atoms with Crippen molar-refractivity contribution in [1.29, 1.82) is 0 Å². The van der Waals surface area contributed by atoms with Crippen LogP contribution in [0.5, 0.6) is 11.5 Å². The lowest BCUT2D eigenvalue weighted by atomic mass is 10.1. The SMILES string of the molecule is COc1cc2c(Nc3cccc(F)c3F)ncnc2cc1O[C@@H]1CO[C@@H]2[C@H]1OC[C@H]2F. The van der Waals surface area contributed by atoms with Crippen LogP contribution in [0.15, 0.2) is 36.7 Å². The molecule has 0 bridgehead atoms. The Morgan fingerprint density at radius 1 is 1.06 bits per heavy atom. The van der Waals surface area contributed by atoms with Crippen molar-refractivity contribution in [3.05, 3.63) is 48.3 Å². The van der Waals surface area contributed by atoms with Gasteiger partial charge in [-0.1, -0.05) is 6.07 Å². The van der Waals surface area contributed by atoms with Gasteiger partial charge in [-0.2, -0.15) is 0 Å². The van der Waals surface area contributed by atoms with E-state index in [9.17, 15) is 13.2 Å². The van der Waals surface area contributed by atoms with Gasteiger partial charge in [-0.15, -0.1) is 0 Å². The third-order valence-corrected chi connectivity index (χ3v) is 5.35. The molecule has 31 heavy (non-hydrogen) atoms. The van der Waals surface area contributed by atoms with Crippen molar-refractivity contribution in [2.24, 2.45) is 0 Å². The first-order chi connectivity index (χ1) is 15.0. The van der Waals surface area contributed by atoms with Crippen LogP contribution in [-0.2, 0) is 9.47 Å². The topological polar surface area (TPSA) is 74.7 Å². The lowest BCUT2D eigenvalue weighted by Crippen LogP contribution is -2.33. The highest BCUT2D eigenvalue weighted by molar-refractivity contribution is 5.93. The lowest BCUT2D eigenvalue weighted by molar-refractivity contribution is 0.0271. The summed E-state index contributed by atoms with van der Waals surface area (Å²) in [6.45, 7) is 0.162. The number of nitrogens with zero attached hydrogens (tertiary/aromatic N) is 2. The van der Waals surface area contributed by atoms with Crippen LogP contribution in [0.1, 0.15) is 0 Å². The molecular formula is C21H18F3N3O4. The average molecular weight is 433 g/mol. The summed E-state index contributed by atoms with van der Waals surface area (Å²) in [6.07, 6.45) is -1.54. The number of aromatic nitrogens is 2. The summed E-state index contributed by atoms with van der Waals surface area (Å²) in [5.74, 6) is -0.985. The summed E-state index contributed by atoms with van der Waals surface area (Å²) in [4.78, 5) is 8.38. The van der Waals surface area contributed by atoms with Gasteiger partial charge in [0.15, 0.2) is 35.4 Å². The molecule has 2 aromatic carbocycles. The van der Waals surface area contributed by atoms with Gasteiger partial charge in [0.1, 0.15) is 24.4 Å². The molecule has 2 aliphatic heterocycles. The first kappa shape index (κ1) is 19.8. The number of anilines is 2. The van der Waals surface area contributed by atoms with Crippen LogP contribution in [0.2, 0.25) is 0 Å². The quantitative estimate of drug-likeness (QED) is 0.660. The maximum Gasteiger partial charge on any atom is 0.182 e. The molecule has 0 saturated carbocycles. The number of ether oxygens (including phenoxy) is 4. The Morgan fingerprint density at radius 3 is 2.74 bits per heavy atom. The second-order valence-corrected chi connectivity index (χ2v) is 7.24. The predicted molar refractivity (Wildman–Crippen MR) is 105 cm³/mol. The second kappa shape index (κ2) is 7.86. The summed E-state index contributed by atoms with van der Waals surface area (Å²) >= 11 is 0. The summed E-state index contributed by atoms with van der Waals surface area (Å²) in [7, 11) is 1.47. The number of alkyl halides is 1. The number of fused-ring (bicyclic) bond motifs is 2. The fourth-order valence-corrected chi connectivity index (χ4v) is 3.82. The van der Waals surface area contributed by atoms with Crippen molar-refractivity contribution in [2.75, 3.05) is 25.6 Å². The van der Waals surface area contributed by atoms with Gasteiger partial charge < -0.3 is 24.3 Å². The predicted octanol–water partition coefficient (Wildman–Crippen LogP) is 3.54. The number of hydrogen-bond donors (Lipinski definition) is 1. The Morgan fingerprint density at radius 2 is 1.90 bits per heavy atom. The minimum atomic E-state index is -1.18. The molecule has 1 aromatic heterocycles. The molecule has 0 unspecified atom stereocenters. The molecule has 0 radical (unpaired) electrons. The third-order valence-electron chi connectivity index (χ3n) is 5.35. The van der Waals surface area contributed by atoms with Gasteiger partial charge in [0.25, 0.3) is 0 Å². The highest BCUT2D eigenvalue weighted by Gasteiger charge is 2.49. The molecule has 2 aliphatic rings. The second-order valence-electron chi connectivity index (χ2n) is 7.24. The average Bonchev–Trinajstić information content (AvgIpc) is 3.34. The minimum absolute atomic E-state index is 0.0249. The van der Waals surface area contributed by atoms with E-state index in [-0.39, 0.29) is 24.7 Å². The molecule has 3 aromatic rings. The van der Waals surface area contributed by atoms with Crippen LogP contribution in [0.3, 0.4) is 0 Å². The van der Waals surface area contributed by atoms with E-state index in [1.54, 1.807) is 12.1 Å². The van der Waals surface area contributed by atoms with Gasteiger partial charge in [-0.3, -0.25) is 0 Å². The van der Waals surface area contributed by atoms with E-state index in [4.69, 9.17) is 18.9 Å². The summed E-state index contributed by atoms with van der Waals surface area (Å²) in [5.41, 5.74) is 0.420. The molecule has 7 nitrogen and oxygen atoms in total. The zero-order chi connectivity index (χ0) is 21.5. The van der Waals surface area contributed by atoms with Crippen molar-refractivity contribution in [3.63, 3.8) is 0 Å². The Hall–Kier alpha value is -3.11. The molecule has 0 aliphatic carbocycles. The van der Waals surface area contributed by atoms with Crippen LogP contribution in [0.25, 0.3) is 10.9 Å². The molecule has 3 heterocycles. The Balaban J connectivity index is 1.47. The van der Waals surface area contributed by atoms with Crippen molar-refractivity contribution in [3.8, 4) is 11.5 Å². The number of nitrogens with one attached hydrogen (secondary N) is 1. The Kier molecular flexibility index (Phi) is 5.03. The molecule has 0 amide bonds. The molecule has 10 heteroatoms. The molecule has 2 saturated heterocycles. The van der Waals surface area contributed by atoms with Gasteiger partial charge in [-0.25, -0.2) is 23.1 Å². The van der Waals surface area contributed by atoms with Crippen LogP contribution < -0.4 is 14.8 Å². The highest BCUT2D eigenvalue weighted by atomic mass is 19.2. The van der Waals surface area contributed by atoms with Gasteiger partial charge in [0.05, 0.1) is 31.5 Å². The molecule has 162 valence electrons. The molecule has 1 N–H and O–H groups in total. The van der Waals surface area contributed by atoms with Crippen LogP contribution in [0.4, 0.5) is 24.7 Å². The number of rotatable bonds is 5. The first-order valence-corrected chi connectivity index (χ1v) is 9.63. The third kappa shape index (κ3) is 3.51. The van der Waals surface area contributed by atoms with Crippen molar-refractivity contribution >= 4 is 22.4 Å². The standard InChI is InChI=1S/C21H18F3N3O4/c1-28-15-5-10-14(6-16(15)31-17-8-30-19-12(23)7-29-20(17)19)25-9-26-21(10)27-13-4-2-3-11(22)18(13)24/h2-6,9,12,17,19-20H,7-8H2,1H3,(H,25,26,27)/t12-,17-,19+,20+/m1/s1. The maximum absolute atomic E-state index is 14.1. The van der Waals surface area contributed by atoms with E-state index < -0.39 is 36.1 Å². The fourth-order valence-electron chi connectivity index (χ4n) is 3.82. The van der Waals surface area contributed by atoms with Crippen LogP contribution in [-0.4, -0.2) is 54.8 Å². The van der Waals surface area contributed by atoms with E-state index >= 15 is 0 Å². The molecule has 4 atom stereocenters. The number of benzene rings is 2. The van der Waals surface area contributed by atoms with Crippen molar-refractivity contribution in [2.45, 2.75) is 24.5 Å². The number of methoxy groups -OCH3 is 1. The smallest absolute Gasteiger partial charge is 0.182 e. The lowest BCUT2D eigenvalue weighted by Gasteiger charge is -2.20. The monoisotopic (exact) mass is 433 g/mol. The highest BCUT2D eigenvalue weighted by Crippen LogP contribution is 2.38. The van der Waals surface area contributed by atoms with E-state index in [2.05, 4.69) is 15.3 Å². The first-order valence-electron chi connectivity index (χ1n) is 9.63. The summed E-state index contributed by atoms with van der Waals surface area (Å²) in [6, 6.07) is 7.09. The normalized spacial score (nSPS) is 24.9. The van der Waals surface area contributed by atoms with E-state index in [0.717, 1.165) is 6.07 Å². The molecular weight excluding hydrogens is 415 g/mol. The largest absolute Gasteiger partial charge is 0.493 e. The fraction of sp³-hybridized carbons (Fsp3) is 0.333. The molecule has 2 fully saturated rings.